The zero-order chi connectivity index (χ0) is 15.5. The molecule has 0 atom stereocenters. The highest BCUT2D eigenvalue weighted by molar-refractivity contribution is 7.80. The van der Waals surface area contributed by atoms with Crippen molar-refractivity contribution in [3.8, 4) is 5.75 Å². The first-order valence-electron chi connectivity index (χ1n) is 7.17. The zero-order valence-electron chi connectivity index (χ0n) is 12.2. The Bertz CT molecular complexity index is 783. The molecule has 1 amide bonds. The first kappa shape index (κ1) is 14.5. The second kappa shape index (κ2) is 6.15. The molecule has 2 aromatic carbocycles. The summed E-state index contributed by atoms with van der Waals surface area (Å²) in [5.41, 5.74) is 1.32. The minimum absolute atomic E-state index is 0.223. The van der Waals surface area contributed by atoms with Crippen LogP contribution in [0, 0.1) is 0 Å². The number of benzene rings is 2. The van der Waals surface area contributed by atoms with Gasteiger partial charge in [0.15, 0.2) is 5.11 Å². The molecule has 1 aliphatic rings. The minimum atomic E-state index is -0.223. The maximum absolute atomic E-state index is 11.9. The number of fused-ring (bicyclic) bond motifs is 1. The van der Waals surface area contributed by atoms with Crippen molar-refractivity contribution in [1.29, 1.82) is 0 Å². The molecule has 112 valence electrons. The van der Waals surface area contributed by atoms with Crippen molar-refractivity contribution in [2.24, 2.45) is 0 Å². The quantitative estimate of drug-likeness (QED) is 0.673. The molecule has 22 heavy (non-hydrogen) atoms. The zero-order valence-corrected chi connectivity index (χ0v) is 13.0. The standard InChI is InChI=1S/C17H16N2O2S/c1-2-9-21-15-8-7-11-5-3-4-6-12(11)13(15)10-14-16(20)19-17(22)18-14/h3-8,10H,2,9H2,1H3,(H2,18,19,20,22)/b14-10-. The molecule has 5 heteroatoms. The second-order valence-corrected chi connectivity index (χ2v) is 5.42. The number of hydrogen-bond donors (Lipinski definition) is 2. The third-order valence-electron chi connectivity index (χ3n) is 3.40. The number of hydrogen-bond acceptors (Lipinski definition) is 3. The molecule has 0 aromatic heterocycles. The molecular formula is C17H16N2O2S. The van der Waals surface area contributed by atoms with Crippen LogP contribution in [-0.2, 0) is 4.79 Å². The van der Waals surface area contributed by atoms with E-state index in [1.165, 1.54) is 0 Å². The average molecular weight is 312 g/mol. The normalized spacial score (nSPS) is 16.0. The molecule has 0 unspecified atom stereocenters. The van der Waals surface area contributed by atoms with Crippen molar-refractivity contribution in [3.05, 3.63) is 47.7 Å². The van der Waals surface area contributed by atoms with E-state index >= 15 is 0 Å². The van der Waals surface area contributed by atoms with Gasteiger partial charge in [0.05, 0.1) is 6.61 Å². The van der Waals surface area contributed by atoms with Crippen molar-refractivity contribution in [3.63, 3.8) is 0 Å². The Labute approximate surface area is 134 Å². The first-order valence-corrected chi connectivity index (χ1v) is 7.58. The van der Waals surface area contributed by atoms with Gasteiger partial charge >= 0.3 is 0 Å². The molecule has 0 bridgehead atoms. The summed E-state index contributed by atoms with van der Waals surface area (Å²) in [6.45, 7) is 2.69. The fraction of sp³-hybridized carbons (Fsp3) is 0.176. The summed E-state index contributed by atoms with van der Waals surface area (Å²) in [5.74, 6) is 0.542. The summed E-state index contributed by atoms with van der Waals surface area (Å²) in [4.78, 5) is 11.9. The van der Waals surface area contributed by atoms with Crippen LogP contribution >= 0.6 is 12.2 Å². The molecule has 0 saturated carbocycles. The predicted octanol–water partition coefficient (Wildman–Crippen LogP) is 2.97. The second-order valence-electron chi connectivity index (χ2n) is 5.01. The molecule has 1 fully saturated rings. The topological polar surface area (TPSA) is 50.4 Å². The maximum atomic E-state index is 11.9. The van der Waals surface area contributed by atoms with Crippen LogP contribution in [0.1, 0.15) is 18.9 Å². The summed E-state index contributed by atoms with van der Waals surface area (Å²) in [7, 11) is 0. The van der Waals surface area contributed by atoms with E-state index in [-0.39, 0.29) is 5.91 Å². The lowest BCUT2D eigenvalue weighted by atomic mass is 10.0. The van der Waals surface area contributed by atoms with Crippen molar-refractivity contribution in [2.75, 3.05) is 6.61 Å². The van der Waals surface area contributed by atoms with E-state index in [9.17, 15) is 4.79 Å². The molecule has 2 N–H and O–H groups in total. The van der Waals surface area contributed by atoms with Crippen LogP contribution in [0.3, 0.4) is 0 Å². The third-order valence-corrected chi connectivity index (χ3v) is 3.61. The number of nitrogens with one attached hydrogen (secondary N) is 2. The first-order chi connectivity index (χ1) is 10.7. The molecule has 0 aliphatic carbocycles. The van der Waals surface area contributed by atoms with Crippen LogP contribution in [0.2, 0.25) is 0 Å². The minimum Gasteiger partial charge on any atom is -0.493 e. The van der Waals surface area contributed by atoms with Gasteiger partial charge in [-0.3, -0.25) is 10.1 Å². The summed E-state index contributed by atoms with van der Waals surface area (Å²) in [6, 6.07) is 12.0. The Balaban J connectivity index is 2.14. The Morgan fingerprint density at radius 3 is 2.73 bits per heavy atom. The third kappa shape index (κ3) is 2.80. The fourth-order valence-electron chi connectivity index (χ4n) is 2.39. The van der Waals surface area contributed by atoms with Crippen molar-refractivity contribution in [1.82, 2.24) is 10.6 Å². The van der Waals surface area contributed by atoms with E-state index in [1.54, 1.807) is 6.08 Å². The van der Waals surface area contributed by atoms with E-state index in [0.717, 1.165) is 28.5 Å². The van der Waals surface area contributed by atoms with E-state index in [2.05, 4.69) is 17.6 Å². The molecule has 1 heterocycles. The highest BCUT2D eigenvalue weighted by Crippen LogP contribution is 2.30. The Morgan fingerprint density at radius 1 is 1.18 bits per heavy atom. The molecule has 2 aromatic rings. The lowest BCUT2D eigenvalue weighted by Gasteiger charge is -2.12. The summed E-state index contributed by atoms with van der Waals surface area (Å²) >= 11 is 4.97. The van der Waals surface area contributed by atoms with E-state index in [1.807, 2.05) is 36.4 Å². The van der Waals surface area contributed by atoms with Crippen molar-refractivity contribution >= 4 is 40.1 Å². The largest absolute Gasteiger partial charge is 0.493 e. The number of thiocarbonyl (C=S) groups is 1. The molecule has 1 saturated heterocycles. The lowest BCUT2D eigenvalue weighted by molar-refractivity contribution is -0.115. The molecule has 0 radical (unpaired) electrons. The van der Waals surface area contributed by atoms with Gasteiger partial charge in [-0.05, 0) is 41.6 Å². The SMILES string of the molecule is CCCOc1ccc2ccccc2c1/C=C1\NC(=S)NC1=O. The molecular weight excluding hydrogens is 296 g/mol. The number of rotatable bonds is 4. The lowest BCUT2D eigenvalue weighted by Crippen LogP contribution is -2.21. The Hall–Kier alpha value is -2.40. The van der Waals surface area contributed by atoms with Gasteiger partial charge in [-0.25, -0.2) is 0 Å². The van der Waals surface area contributed by atoms with Gasteiger partial charge in [-0.2, -0.15) is 0 Å². The molecule has 0 spiro atoms. The van der Waals surface area contributed by atoms with Crippen LogP contribution in [-0.4, -0.2) is 17.6 Å². The predicted molar refractivity (Wildman–Crippen MR) is 91.6 cm³/mol. The van der Waals surface area contributed by atoms with Crippen LogP contribution in [0.15, 0.2) is 42.1 Å². The van der Waals surface area contributed by atoms with Crippen LogP contribution in [0.25, 0.3) is 16.8 Å². The monoisotopic (exact) mass is 312 g/mol. The van der Waals surface area contributed by atoms with Gasteiger partial charge in [0, 0.05) is 5.56 Å². The number of carbonyl (C=O) groups is 1. The van der Waals surface area contributed by atoms with E-state index in [0.29, 0.717) is 17.4 Å². The summed E-state index contributed by atoms with van der Waals surface area (Å²) in [6.07, 6.45) is 2.72. The number of amides is 1. The number of ether oxygens (including phenoxy) is 1. The molecule has 1 aliphatic heterocycles. The van der Waals surface area contributed by atoms with Gasteiger partial charge in [-0.1, -0.05) is 37.3 Å². The molecule has 3 rings (SSSR count). The summed E-state index contributed by atoms with van der Waals surface area (Å²) in [5, 5.41) is 7.91. The summed E-state index contributed by atoms with van der Waals surface area (Å²) < 4.78 is 5.83. The fourth-order valence-corrected chi connectivity index (χ4v) is 2.59. The highest BCUT2D eigenvalue weighted by atomic mass is 32.1. The van der Waals surface area contributed by atoms with Gasteiger partial charge < -0.3 is 10.1 Å². The van der Waals surface area contributed by atoms with Crippen LogP contribution < -0.4 is 15.4 Å². The van der Waals surface area contributed by atoms with Crippen molar-refractivity contribution < 1.29 is 9.53 Å². The Kier molecular flexibility index (Phi) is 4.06. The smallest absolute Gasteiger partial charge is 0.273 e. The highest BCUT2D eigenvalue weighted by Gasteiger charge is 2.21. The van der Waals surface area contributed by atoms with Crippen molar-refractivity contribution in [2.45, 2.75) is 13.3 Å². The van der Waals surface area contributed by atoms with Crippen LogP contribution in [0.4, 0.5) is 0 Å². The maximum Gasteiger partial charge on any atom is 0.273 e. The number of carbonyl (C=O) groups excluding carboxylic acids is 1. The van der Waals surface area contributed by atoms with Gasteiger partial charge in [0.1, 0.15) is 11.4 Å². The van der Waals surface area contributed by atoms with E-state index < -0.39 is 0 Å². The Morgan fingerprint density at radius 2 is 2.00 bits per heavy atom. The van der Waals surface area contributed by atoms with Crippen LogP contribution in [0.5, 0.6) is 5.75 Å². The van der Waals surface area contributed by atoms with Gasteiger partial charge in [-0.15, -0.1) is 0 Å². The average Bonchev–Trinajstić information content (AvgIpc) is 2.84. The van der Waals surface area contributed by atoms with Gasteiger partial charge in [0.25, 0.3) is 5.91 Å². The molecule has 4 nitrogen and oxygen atoms in total. The van der Waals surface area contributed by atoms with E-state index in [4.69, 9.17) is 17.0 Å². The van der Waals surface area contributed by atoms with Gasteiger partial charge in [0.2, 0.25) is 0 Å².